The molecule has 0 atom stereocenters. The van der Waals surface area contributed by atoms with Gasteiger partial charge in [-0.2, -0.15) is 0 Å². The lowest BCUT2D eigenvalue weighted by Crippen LogP contribution is -1.85. The quantitative estimate of drug-likeness (QED) is 0.852. The van der Waals surface area contributed by atoms with E-state index in [2.05, 4.69) is 19.9 Å². The molecule has 2 heteroatoms. The van der Waals surface area contributed by atoms with Gasteiger partial charge in [0.15, 0.2) is 0 Å². The third kappa shape index (κ3) is 4.29. The second-order valence-corrected chi connectivity index (χ2v) is 3.74. The molecule has 2 aromatic carbocycles. The van der Waals surface area contributed by atoms with Crippen molar-refractivity contribution in [1.29, 1.82) is 0 Å². The maximum atomic E-state index is 7.00. The molecule has 0 aromatic heterocycles. The number of hydrogen-bond donors (Lipinski definition) is 1. The van der Waals surface area contributed by atoms with Gasteiger partial charge in [0.1, 0.15) is 11.5 Å². The molecule has 2 nitrogen and oxygen atoms in total. The normalized spacial score (nSPS) is 9.18. The topological polar surface area (TPSA) is 29.5 Å². The van der Waals surface area contributed by atoms with Crippen molar-refractivity contribution in [3.63, 3.8) is 0 Å². The van der Waals surface area contributed by atoms with Crippen LogP contribution in [0.5, 0.6) is 11.5 Å². The minimum absolute atomic E-state index is 0.877. The Balaban J connectivity index is 0.000000686. The number of aliphatic hydroxyl groups excluding tert-OH is 1. The molecule has 2 aromatic rings. The van der Waals surface area contributed by atoms with Gasteiger partial charge in [0.25, 0.3) is 0 Å². The molecule has 0 heterocycles. The summed E-state index contributed by atoms with van der Waals surface area (Å²) in [6, 6.07) is 16.1. The highest BCUT2D eigenvalue weighted by Crippen LogP contribution is 2.23. The second-order valence-electron chi connectivity index (χ2n) is 3.74. The third-order valence-electron chi connectivity index (χ3n) is 2.17. The van der Waals surface area contributed by atoms with E-state index in [0.717, 1.165) is 18.6 Å². The van der Waals surface area contributed by atoms with Crippen molar-refractivity contribution in [3.8, 4) is 11.5 Å². The van der Waals surface area contributed by atoms with Crippen LogP contribution in [0, 0.1) is 13.8 Å². The number of hydrogen-bond acceptors (Lipinski definition) is 2. The highest BCUT2D eigenvalue weighted by molar-refractivity contribution is 5.36. The molecule has 0 fully saturated rings. The van der Waals surface area contributed by atoms with Gasteiger partial charge in [0.2, 0.25) is 0 Å². The average molecular weight is 230 g/mol. The predicted octanol–water partition coefficient (Wildman–Crippen LogP) is 3.70. The Labute approximate surface area is 102 Å². The van der Waals surface area contributed by atoms with Gasteiger partial charge in [0.05, 0.1) is 0 Å². The van der Waals surface area contributed by atoms with E-state index in [1.165, 1.54) is 11.1 Å². The fraction of sp³-hybridized carbons (Fsp3) is 0.200. The number of benzene rings is 2. The fourth-order valence-electron chi connectivity index (χ4n) is 1.62. The smallest absolute Gasteiger partial charge is 0.127 e. The Hall–Kier alpha value is -1.80. The largest absolute Gasteiger partial charge is 0.457 e. The van der Waals surface area contributed by atoms with E-state index in [1.54, 1.807) is 0 Å². The van der Waals surface area contributed by atoms with Crippen LogP contribution in [-0.2, 0) is 0 Å². The molecule has 0 aliphatic carbocycles. The van der Waals surface area contributed by atoms with Crippen molar-refractivity contribution < 1.29 is 9.84 Å². The third-order valence-corrected chi connectivity index (χ3v) is 2.17. The Bertz CT molecular complexity index is 429. The molecule has 1 N–H and O–H groups in total. The fourth-order valence-corrected chi connectivity index (χ4v) is 1.62. The van der Waals surface area contributed by atoms with Crippen LogP contribution in [0.15, 0.2) is 48.5 Å². The maximum absolute atomic E-state index is 7.00. The van der Waals surface area contributed by atoms with E-state index in [-0.39, 0.29) is 0 Å². The molecule has 0 amide bonds. The van der Waals surface area contributed by atoms with Crippen LogP contribution in [-0.4, -0.2) is 12.2 Å². The molecule has 0 unspecified atom stereocenters. The molecule has 0 aliphatic heterocycles. The first-order chi connectivity index (χ1) is 8.24. The zero-order valence-electron chi connectivity index (χ0n) is 10.5. The van der Waals surface area contributed by atoms with Gasteiger partial charge in [-0.15, -0.1) is 0 Å². The van der Waals surface area contributed by atoms with Gasteiger partial charge < -0.3 is 9.84 Å². The van der Waals surface area contributed by atoms with E-state index in [4.69, 9.17) is 9.84 Å². The van der Waals surface area contributed by atoms with Crippen LogP contribution < -0.4 is 4.74 Å². The van der Waals surface area contributed by atoms with Crippen molar-refractivity contribution in [2.75, 3.05) is 7.11 Å². The first kappa shape index (κ1) is 13.3. The molecule has 0 saturated heterocycles. The van der Waals surface area contributed by atoms with Gasteiger partial charge in [0, 0.05) is 7.11 Å². The first-order valence-corrected chi connectivity index (χ1v) is 5.50. The van der Waals surface area contributed by atoms with Crippen LogP contribution in [0.1, 0.15) is 11.1 Å². The van der Waals surface area contributed by atoms with Gasteiger partial charge in [-0.05, 0) is 49.2 Å². The highest BCUT2D eigenvalue weighted by atomic mass is 16.5. The van der Waals surface area contributed by atoms with Gasteiger partial charge in [-0.3, -0.25) is 0 Å². The summed E-state index contributed by atoms with van der Waals surface area (Å²) in [5.74, 6) is 1.78. The summed E-state index contributed by atoms with van der Waals surface area (Å²) >= 11 is 0. The van der Waals surface area contributed by atoms with Crippen LogP contribution in [0.2, 0.25) is 0 Å². The van der Waals surface area contributed by atoms with E-state index in [0.29, 0.717) is 0 Å². The lowest BCUT2D eigenvalue weighted by Gasteiger charge is -2.07. The van der Waals surface area contributed by atoms with E-state index >= 15 is 0 Å². The maximum Gasteiger partial charge on any atom is 0.127 e. The summed E-state index contributed by atoms with van der Waals surface area (Å²) in [6.07, 6.45) is 0. The lowest BCUT2D eigenvalue weighted by molar-refractivity contribution is 0.399. The highest BCUT2D eigenvalue weighted by Gasteiger charge is 1.98. The minimum atomic E-state index is 0.877. The van der Waals surface area contributed by atoms with Crippen molar-refractivity contribution in [3.05, 3.63) is 59.7 Å². The Morgan fingerprint density at radius 1 is 0.765 bits per heavy atom. The standard InChI is InChI=1S/C14H14O.CH4O/c1-11-8-12(2)10-14(9-11)15-13-6-4-3-5-7-13;1-2/h3-10H,1-2H3;2H,1H3. The summed E-state index contributed by atoms with van der Waals surface area (Å²) in [5.41, 5.74) is 2.45. The Kier molecular flexibility index (Phi) is 5.24. The summed E-state index contributed by atoms with van der Waals surface area (Å²) in [6.45, 7) is 4.15. The van der Waals surface area contributed by atoms with Crippen molar-refractivity contribution in [2.45, 2.75) is 13.8 Å². The van der Waals surface area contributed by atoms with E-state index < -0.39 is 0 Å². The van der Waals surface area contributed by atoms with Crippen LogP contribution in [0.3, 0.4) is 0 Å². The number of aliphatic hydroxyl groups is 1. The van der Waals surface area contributed by atoms with E-state index in [9.17, 15) is 0 Å². The Morgan fingerprint density at radius 3 is 1.82 bits per heavy atom. The van der Waals surface area contributed by atoms with Crippen molar-refractivity contribution >= 4 is 0 Å². The average Bonchev–Trinajstić information content (AvgIpc) is 2.31. The molecule has 90 valence electrons. The van der Waals surface area contributed by atoms with Crippen molar-refractivity contribution in [2.24, 2.45) is 0 Å². The monoisotopic (exact) mass is 230 g/mol. The van der Waals surface area contributed by atoms with Crippen LogP contribution in [0.4, 0.5) is 0 Å². The zero-order chi connectivity index (χ0) is 12.7. The molecule has 0 saturated carbocycles. The predicted molar refractivity (Wildman–Crippen MR) is 70.6 cm³/mol. The van der Waals surface area contributed by atoms with Crippen LogP contribution in [0.25, 0.3) is 0 Å². The number of rotatable bonds is 2. The summed E-state index contributed by atoms with van der Waals surface area (Å²) in [5, 5.41) is 7.00. The summed E-state index contributed by atoms with van der Waals surface area (Å²) < 4.78 is 5.74. The minimum Gasteiger partial charge on any atom is -0.457 e. The molecule has 0 aliphatic rings. The molecule has 0 radical (unpaired) electrons. The summed E-state index contributed by atoms with van der Waals surface area (Å²) in [7, 11) is 1.00. The molecule has 17 heavy (non-hydrogen) atoms. The Morgan fingerprint density at radius 2 is 1.29 bits per heavy atom. The summed E-state index contributed by atoms with van der Waals surface area (Å²) in [4.78, 5) is 0. The molecule has 0 bridgehead atoms. The number of aryl methyl sites for hydroxylation is 2. The zero-order valence-corrected chi connectivity index (χ0v) is 10.5. The molecular weight excluding hydrogens is 212 g/mol. The molecule has 0 spiro atoms. The van der Waals surface area contributed by atoms with Crippen molar-refractivity contribution in [1.82, 2.24) is 0 Å². The van der Waals surface area contributed by atoms with Crippen LogP contribution >= 0.6 is 0 Å². The number of ether oxygens (including phenoxy) is 1. The van der Waals surface area contributed by atoms with E-state index in [1.807, 2.05) is 42.5 Å². The van der Waals surface area contributed by atoms with Gasteiger partial charge in [-0.25, -0.2) is 0 Å². The molecular formula is C15H18O2. The van der Waals surface area contributed by atoms with Gasteiger partial charge in [-0.1, -0.05) is 24.3 Å². The number of para-hydroxylation sites is 1. The lowest BCUT2D eigenvalue weighted by atomic mass is 10.1. The van der Waals surface area contributed by atoms with Gasteiger partial charge >= 0.3 is 0 Å². The molecule has 2 rings (SSSR count). The SMILES string of the molecule is CO.Cc1cc(C)cc(Oc2ccccc2)c1. The second kappa shape index (κ2) is 6.71. The first-order valence-electron chi connectivity index (χ1n) is 5.50.